The molecule has 0 fully saturated rings. The van der Waals surface area contributed by atoms with E-state index in [4.69, 9.17) is 9.84 Å². The van der Waals surface area contributed by atoms with Crippen LogP contribution in [-0.4, -0.2) is 54.6 Å². The number of aliphatic hydroxyl groups excluding tert-OH is 1. The average Bonchev–Trinajstić information content (AvgIpc) is 2.99. The van der Waals surface area contributed by atoms with E-state index in [0.717, 1.165) is 22.3 Å². The number of carboxylic acid groups (broad SMARTS) is 1. The number of nitrogens with one attached hydrogen (secondary N) is 2. The number of hydrogen-bond acceptors (Lipinski definition) is 5. The van der Waals surface area contributed by atoms with Gasteiger partial charge in [-0.1, -0.05) is 48.5 Å². The highest BCUT2D eigenvalue weighted by atomic mass is 16.5. The lowest BCUT2D eigenvalue weighted by Crippen LogP contribution is -2.48. The van der Waals surface area contributed by atoms with Crippen molar-refractivity contribution in [2.75, 3.05) is 26.3 Å². The molecule has 0 saturated carbocycles. The van der Waals surface area contributed by atoms with Crippen LogP contribution >= 0.6 is 0 Å². The molecule has 7 nitrogen and oxygen atoms in total. The van der Waals surface area contributed by atoms with E-state index in [-0.39, 0.29) is 32.2 Å². The molecular formula is C20H22N2O5. The standard InChI is InChI=1S/C20H22N2O5/c23-10-9-21-11-18(19(24)25)22-20(26)27-12-17-15-7-3-1-5-13(15)14-6-2-4-8-16(14)17/h1-8,17-18,21,23H,9-12H2,(H,22,26)(H,24,25). The Kier molecular flexibility index (Phi) is 6.05. The lowest BCUT2D eigenvalue weighted by atomic mass is 9.98. The second-order valence-corrected chi connectivity index (χ2v) is 6.29. The Labute approximate surface area is 157 Å². The Bertz CT molecular complexity index is 778. The SMILES string of the molecule is O=C(NC(CNCCO)C(=O)O)OCC1c2ccccc2-c2ccccc21. The molecule has 1 unspecified atom stereocenters. The molecule has 7 heteroatoms. The van der Waals surface area contributed by atoms with Crippen molar-refractivity contribution in [2.45, 2.75) is 12.0 Å². The molecular weight excluding hydrogens is 348 g/mol. The highest BCUT2D eigenvalue weighted by Crippen LogP contribution is 2.44. The van der Waals surface area contributed by atoms with E-state index in [0.29, 0.717) is 0 Å². The molecule has 0 aromatic heterocycles. The number of alkyl carbamates (subject to hydrolysis) is 1. The molecule has 0 aliphatic heterocycles. The van der Waals surface area contributed by atoms with E-state index in [9.17, 15) is 14.7 Å². The van der Waals surface area contributed by atoms with Crippen LogP contribution in [0.5, 0.6) is 0 Å². The average molecular weight is 370 g/mol. The van der Waals surface area contributed by atoms with Crippen molar-refractivity contribution in [1.29, 1.82) is 0 Å². The maximum Gasteiger partial charge on any atom is 0.407 e. The summed E-state index contributed by atoms with van der Waals surface area (Å²) in [4.78, 5) is 23.3. The van der Waals surface area contributed by atoms with E-state index >= 15 is 0 Å². The van der Waals surface area contributed by atoms with Gasteiger partial charge in [0.15, 0.2) is 0 Å². The summed E-state index contributed by atoms with van der Waals surface area (Å²) in [5.74, 6) is -1.26. The van der Waals surface area contributed by atoms with Gasteiger partial charge in [-0.2, -0.15) is 0 Å². The van der Waals surface area contributed by atoms with E-state index in [1.165, 1.54) is 0 Å². The molecule has 2 aromatic carbocycles. The van der Waals surface area contributed by atoms with Gasteiger partial charge in [-0.15, -0.1) is 0 Å². The first-order valence-electron chi connectivity index (χ1n) is 8.77. The molecule has 3 rings (SSSR count). The van der Waals surface area contributed by atoms with Crippen LogP contribution in [0.15, 0.2) is 48.5 Å². The lowest BCUT2D eigenvalue weighted by Gasteiger charge is -2.17. The van der Waals surface area contributed by atoms with Crippen molar-refractivity contribution in [2.24, 2.45) is 0 Å². The Hall–Kier alpha value is -2.90. The quantitative estimate of drug-likeness (QED) is 0.525. The van der Waals surface area contributed by atoms with Crippen LogP contribution in [0.3, 0.4) is 0 Å². The fourth-order valence-corrected chi connectivity index (χ4v) is 3.31. The van der Waals surface area contributed by atoms with E-state index in [1.54, 1.807) is 0 Å². The molecule has 0 spiro atoms. The number of benzene rings is 2. The number of ether oxygens (including phenoxy) is 1. The molecule has 0 heterocycles. The number of hydrogen-bond donors (Lipinski definition) is 4. The zero-order valence-electron chi connectivity index (χ0n) is 14.7. The number of carbonyl (C=O) groups is 2. The summed E-state index contributed by atoms with van der Waals surface area (Å²) in [5, 5.41) is 23.0. The van der Waals surface area contributed by atoms with Gasteiger partial charge in [0.25, 0.3) is 0 Å². The molecule has 0 saturated heterocycles. The van der Waals surface area contributed by atoms with Gasteiger partial charge >= 0.3 is 12.1 Å². The Morgan fingerprint density at radius 3 is 2.19 bits per heavy atom. The first kappa shape index (κ1) is 18.9. The van der Waals surface area contributed by atoms with Crippen LogP contribution in [0.25, 0.3) is 11.1 Å². The molecule has 1 amide bonds. The minimum Gasteiger partial charge on any atom is -0.480 e. The topological polar surface area (TPSA) is 108 Å². The zero-order valence-corrected chi connectivity index (χ0v) is 14.7. The smallest absolute Gasteiger partial charge is 0.407 e. The maximum atomic E-state index is 12.1. The molecule has 1 atom stereocenters. The number of rotatable bonds is 8. The van der Waals surface area contributed by atoms with Gasteiger partial charge in [0.1, 0.15) is 12.6 Å². The van der Waals surface area contributed by atoms with Crippen molar-refractivity contribution in [3.63, 3.8) is 0 Å². The van der Waals surface area contributed by atoms with Crippen LogP contribution < -0.4 is 10.6 Å². The highest BCUT2D eigenvalue weighted by Gasteiger charge is 2.29. The van der Waals surface area contributed by atoms with Crippen LogP contribution in [0.1, 0.15) is 17.0 Å². The van der Waals surface area contributed by atoms with Gasteiger partial charge in [-0.05, 0) is 22.3 Å². The monoisotopic (exact) mass is 370 g/mol. The van der Waals surface area contributed by atoms with Gasteiger partial charge in [-0.3, -0.25) is 0 Å². The normalized spacial score (nSPS) is 13.5. The summed E-state index contributed by atoms with van der Waals surface area (Å²) in [6.07, 6.45) is -0.782. The minimum atomic E-state index is -1.17. The number of amides is 1. The molecule has 27 heavy (non-hydrogen) atoms. The molecule has 1 aliphatic rings. The molecule has 0 bridgehead atoms. The zero-order chi connectivity index (χ0) is 19.2. The molecule has 4 N–H and O–H groups in total. The molecule has 142 valence electrons. The largest absolute Gasteiger partial charge is 0.480 e. The van der Waals surface area contributed by atoms with E-state index in [1.807, 2.05) is 48.5 Å². The number of fused-ring (bicyclic) bond motifs is 3. The Balaban J connectivity index is 1.64. The maximum absolute atomic E-state index is 12.1. The third-order valence-corrected chi connectivity index (χ3v) is 4.57. The molecule has 2 aromatic rings. The summed E-state index contributed by atoms with van der Waals surface area (Å²) in [5.41, 5.74) is 4.43. The summed E-state index contributed by atoms with van der Waals surface area (Å²) >= 11 is 0. The highest BCUT2D eigenvalue weighted by molar-refractivity contribution is 5.81. The predicted octanol–water partition coefficient (Wildman–Crippen LogP) is 1.56. The lowest BCUT2D eigenvalue weighted by molar-refractivity contribution is -0.139. The van der Waals surface area contributed by atoms with Crippen molar-refractivity contribution >= 4 is 12.1 Å². The molecule has 0 radical (unpaired) electrons. The third kappa shape index (κ3) is 4.27. The van der Waals surface area contributed by atoms with Gasteiger partial charge in [-0.25, -0.2) is 9.59 Å². The van der Waals surface area contributed by atoms with Crippen LogP contribution in [0.4, 0.5) is 4.79 Å². The van der Waals surface area contributed by atoms with E-state index < -0.39 is 18.1 Å². The van der Waals surface area contributed by atoms with Crippen molar-refractivity contribution in [3.05, 3.63) is 59.7 Å². The fourth-order valence-electron chi connectivity index (χ4n) is 3.31. The second-order valence-electron chi connectivity index (χ2n) is 6.29. The van der Waals surface area contributed by atoms with Crippen LogP contribution in [-0.2, 0) is 9.53 Å². The summed E-state index contributed by atoms with van der Waals surface area (Å²) in [6, 6.07) is 14.8. The number of aliphatic hydroxyl groups is 1. The number of aliphatic carboxylic acids is 1. The Morgan fingerprint density at radius 1 is 1.04 bits per heavy atom. The van der Waals surface area contributed by atoms with Crippen molar-refractivity contribution in [1.82, 2.24) is 10.6 Å². The minimum absolute atomic E-state index is 0.0000880. The van der Waals surface area contributed by atoms with Gasteiger partial charge in [0.05, 0.1) is 6.61 Å². The Morgan fingerprint density at radius 2 is 1.63 bits per heavy atom. The van der Waals surface area contributed by atoms with Crippen LogP contribution in [0.2, 0.25) is 0 Å². The first-order chi connectivity index (χ1) is 13.1. The number of carboxylic acids is 1. The second kappa shape index (κ2) is 8.66. The number of carbonyl (C=O) groups excluding carboxylic acids is 1. The van der Waals surface area contributed by atoms with Gasteiger partial charge in [0, 0.05) is 19.0 Å². The van der Waals surface area contributed by atoms with Crippen LogP contribution in [0, 0.1) is 0 Å². The fraction of sp³-hybridized carbons (Fsp3) is 0.300. The summed E-state index contributed by atoms with van der Waals surface area (Å²) < 4.78 is 5.34. The summed E-state index contributed by atoms with van der Waals surface area (Å²) in [6.45, 7) is 0.254. The third-order valence-electron chi connectivity index (χ3n) is 4.57. The van der Waals surface area contributed by atoms with Gasteiger partial charge < -0.3 is 25.6 Å². The predicted molar refractivity (Wildman–Crippen MR) is 99.6 cm³/mol. The van der Waals surface area contributed by atoms with Crippen molar-refractivity contribution in [3.8, 4) is 11.1 Å². The van der Waals surface area contributed by atoms with E-state index in [2.05, 4.69) is 10.6 Å². The van der Waals surface area contributed by atoms with Gasteiger partial charge in [0.2, 0.25) is 0 Å². The summed E-state index contributed by atoms with van der Waals surface area (Å²) in [7, 11) is 0. The van der Waals surface area contributed by atoms with Crippen molar-refractivity contribution < 1.29 is 24.5 Å². The first-order valence-corrected chi connectivity index (χ1v) is 8.77. The molecule has 1 aliphatic carbocycles.